The minimum Gasteiger partial charge on any atom is -0.497 e. The molecule has 1 fully saturated rings. The summed E-state index contributed by atoms with van der Waals surface area (Å²) in [7, 11) is 3.12. The molecule has 2 aliphatic rings. The van der Waals surface area contributed by atoms with Gasteiger partial charge in [0.2, 0.25) is 0 Å². The maximum atomic E-state index is 13.2. The summed E-state index contributed by atoms with van der Waals surface area (Å²) in [6.45, 7) is 1.15. The van der Waals surface area contributed by atoms with E-state index < -0.39 is 5.60 Å². The van der Waals surface area contributed by atoms with E-state index in [1.54, 1.807) is 32.4 Å². The summed E-state index contributed by atoms with van der Waals surface area (Å²) in [5, 5.41) is 0. The Morgan fingerprint density at radius 1 is 1.07 bits per heavy atom. The molecule has 0 saturated carbocycles. The highest BCUT2D eigenvalue weighted by Gasteiger charge is 2.42. The van der Waals surface area contributed by atoms with Gasteiger partial charge in [-0.1, -0.05) is 12.1 Å². The van der Waals surface area contributed by atoms with Crippen LogP contribution in [0.2, 0.25) is 0 Å². The molecule has 6 nitrogen and oxygen atoms in total. The van der Waals surface area contributed by atoms with E-state index in [0.29, 0.717) is 54.3 Å². The molecule has 0 aliphatic carbocycles. The topological polar surface area (TPSA) is 65.1 Å². The highest BCUT2D eigenvalue weighted by molar-refractivity contribution is 6.00. The van der Waals surface area contributed by atoms with Crippen molar-refractivity contribution in [3.05, 3.63) is 53.6 Å². The van der Waals surface area contributed by atoms with E-state index in [1.807, 2.05) is 29.2 Å². The van der Waals surface area contributed by atoms with Crippen LogP contribution in [-0.2, 0) is 0 Å². The van der Waals surface area contributed by atoms with Crippen LogP contribution in [0.15, 0.2) is 42.5 Å². The summed E-state index contributed by atoms with van der Waals surface area (Å²) in [5.74, 6) is 1.82. The Kier molecular flexibility index (Phi) is 5.18. The van der Waals surface area contributed by atoms with Gasteiger partial charge in [0.1, 0.15) is 22.8 Å². The molecule has 1 atom stereocenters. The normalized spacial score (nSPS) is 21.2. The summed E-state index contributed by atoms with van der Waals surface area (Å²) in [5.41, 5.74) is 0.623. The largest absolute Gasteiger partial charge is 0.497 e. The lowest BCUT2D eigenvalue weighted by molar-refractivity contribution is 0.0300. The summed E-state index contributed by atoms with van der Waals surface area (Å²) in [6.07, 6.45) is 2.51. The summed E-state index contributed by atoms with van der Waals surface area (Å²) in [4.78, 5) is 27.7. The lowest BCUT2D eigenvalue weighted by Crippen LogP contribution is -2.43. The Bertz CT molecular complexity index is 941. The fourth-order valence-corrected chi connectivity index (χ4v) is 4.24. The number of ketones is 1. The van der Waals surface area contributed by atoms with E-state index in [2.05, 4.69) is 0 Å². The number of carbonyl (C=O) groups is 2. The van der Waals surface area contributed by atoms with Gasteiger partial charge < -0.3 is 19.1 Å². The second-order valence-corrected chi connectivity index (χ2v) is 7.59. The lowest BCUT2D eigenvalue weighted by atomic mass is 9.84. The predicted molar refractivity (Wildman–Crippen MR) is 108 cm³/mol. The number of Topliss-reactive ketones (excluding diaryl/α,β-unsaturated/α-hetero) is 1. The first-order valence-corrected chi connectivity index (χ1v) is 9.88. The molecule has 2 heterocycles. The fourth-order valence-electron chi connectivity index (χ4n) is 4.24. The van der Waals surface area contributed by atoms with E-state index in [9.17, 15) is 9.59 Å². The van der Waals surface area contributed by atoms with E-state index in [-0.39, 0.29) is 11.7 Å². The number of benzene rings is 2. The van der Waals surface area contributed by atoms with Crippen LogP contribution < -0.4 is 14.2 Å². The van der Waals surface area contributed by atoms with Gasteiger partial charge in [-0.2, -0.15) is 0 Å². The lowest BCUT2D eigenvalue weighted by Gasteiger charge is -2.37. The molecule has 1 spiro atoms. The van der Waals surface area contributed by atoms with Crippen molar-refractivity contribution in [1.82, 2.24) is 4.90 Å². The molecule has 6 heteroatoms. The van der Waals surface area contributed by atoms with Crippen molar-refractivity contribution in [3.63, 3.8) is 0 Å². The van der Waals surface area contributed by atoms with E-state index in [1.165, 1.54) is 0 Å². The zero-order chi connectivity index (χ0) is 20.4. The molecular weight excluding hydrogens is 370 g/mol. The van der Waals surface area contributed by atoms with Crippen molar-refractivity contribution in [2.45, 2.75) is 31.3 Å². The Labute approximate surface area is 170 Å². The molecule has 152 valence electrons. The first-order chi connectivity index (χ1) is 14.0. The van der Waals surface area contributed by atoms with E-state index in [4.69, 9.17) is 14.2 Å². The molecule has 0 radical (unpaired) electrons. The Balaban J connectivity index is 1.53. The second-order valence-electron chi connectivity index (χ2n) is 7.59. The van der Waals surface area contributed by atoms with E-state index in [0.717, 1.165) is 12.8 Å². The predicted octanol–water partition coefficient (Wildman–Crippen LogP) is 3.73. The average molecular weight is 395 g/mol. The summed E-state index contributed by atoms with van der Waals surface area (Å²) in [6, 6.07) is 12.6. The molecule has 4 rings (SSSR count). The van der Waals surface area contributed by atoms with Crippen molar-refractivity contribution in [1.29, 1.82) is 0 Å². The van der Waals surface area contributed by atoms with Gasteiger partial charge in [-0.3, -0.25) is 9.59 Å². The van der Waals surface area contributed by atoms with E-state index >= 15 is 0 Å². The van der Waals surface area contributed by atoms with Crippen LogP contribution in [-0.4, -0.2) is 49.5 Å². The number of rotatable bonds is 3. The first kappa shape index (κ1) is 19.3. The van der Waals surface area contributed by atoms with Crippen LogP contribution in [0.1, 0.15) is 46.4 Å². The van der Waals surface area contributed by atoms with Crippen LogP contribution in [0.3, 0.4) is 0 Å². The zero-order valence-corrected chi connectivity index (χ0v) is 16.8. The number of nitrogens with zero attached hydrogens (tertiary/aromatic N) is 1. The van der Waals surface area contributed by atoms with Gasteiger partial charge in [0, 0.05) is 25.6 Å². The van der Waals surface area contributed by atoms with Crippen LogP contribution in [0, 0.1) is 0 Å². The van der Waals surface area contributed by atoms with Crippen molar-refractivity contribution in [3.8, 4) is 17.2 Å². The number of hydrogen-bond acceptors (Lipinski definition) is 5. The van der Waals surface area contributed by atoms with Crippen LogP contribution in [0.4, 0.5) is 0 Å². The Hall–Kier alpha value is -3.02. The SMILES string of the molecule is COc1ccc(C(=O)N2CCCC3(CC2)CC(=O)c2ccccc2O3)c(OC)c1. The van der Waals surface area contributed by atoms with Gasteiger partial charge in [0.15, 0.2) is 5.78 Å². The first-order valence-electron chi connectivity index (χ1n) is 9.88. The number of amides is 1. The van der Waals surface area contributed by atoms with Gasteiger partial charge in [0.05, 0.1) is 31.8 Å². The third-order valence-corrected chi connectivity index (χ3v) is 5.82. The number of ether oxygens (including phenoxy) is 3. The van der Waals surface area contributed by atoms with Crippen LogP contribution in [0.5, 0.6) is 17.2 Å². The maximum Gasteiger partial charge on any atom is 0.257 e. The van der Waals surface area contributed by atoms with Gasteiger partial charge in [0.25, 0.3) is 5.91 Å². The number of fused-ring (bicyclic) bond motifs is 1. The number of carbonyl (C=O) groups excluding carboxylic acids is 2. The number of methoxy groups -OCH3 is 2. The molecule has 0 N–H and O–H groups in total. The van der Waals surface area contributed by atoms with Crippen molar-refractivity contribution in [2.24, 2.45) is 0 Å². The highest BCUT2D eigenvalue weighted by Crippen LogP contribution is 2.39. The summed E-state index contributed by atoms with van der Waals surface area (Å²) < 4.78 is 16.9. The monoisotopic (exact) mass is 395 g/mol. The smallest absolute Gasteiger partial charge is 0.257 e. The molecule has 2 aliphatic heterocycles. The van der Waals surface area contributed by atoms with Crippen molar-refractivity contribution >= 4 is 11.7 Å². The Morgan fingerprint density at radius 2 is 1.90 bits per heavy atom. The number of likely N-dealkylation sites (tertiary alicyclic amines) is 1. The maximum absolute atomic E-state index is 13.2. The highest BCUT2D eigenvalue weighted by atomic mass is 16.5. The molecule has 1 amide bonds. The molecule has 1 saturated heterocycles. The third-order valence-electron chi connectivity index (χ3n) is 5.82. The van der Waals surface area contributed by atoms with Gasteiger partial charge in [-0.25, -0.2) is 0 Å². The van der Waals surface area contributed by atoms with Gasteiger partial charge >= 0.3 is 0 Å². The second kappa shape index (κ2) is 7.78. The third kappa shape index (κ3) is 3.67. The van der Waals surface area contributed by atoms with Crippen LogP contribution in [0.25, 0.3) is 0 Å². The molecule has 1 unspecified atom stereocenters. The molecule has 0 aromatic heterocycles. The minimum atomic E-state index is -0.537. The molecule has 2 aromatic rings. The number of hydrogen-bond donors (Lipinski definition) is 0. The number of para-hydroxylation sites is 1. The van der Waals surface area contributed by atoms with Crippen LogP contribution >= 0.6 is 0 Å². The molecule has 2 aromatic carbocycles. The minimum absolute atomic E-state index is 0.0795. The fraction of sp³-hybridized carbons (Fsp3) is 0.391. The standard InChI is InChI=1S/C23H25NO5/c1-27-16-8-9-18(21(14-16)28-2)22(26)24-12-5-10-23(11-13-24)15-19(25)17-6-3-4-7-20(17)29-23/h3-4,6-9,14H,5,10-13,15H2,1-2H3. The molecular formula is C23H25NO5. The molecule has 29 heavy (non-hydrogen) atoms. The van der Waals surface area contributed by atoms with Crippen molar-refractivity contribution < 1.29 is 23.8 Å². The van der Waals surface area contributed by atoms with Gasteiger partial charge in [-0.15, -0.1) is 0 Å². The van der Waals surface area contributed by atoms with Crippen molar-refractivity contribution in [2.75, 3.05) is 27.3 Å². The zero-order valence-electron chi connectivity index (χ0n) is 16.8. The quantitative estimate of drug-likeness (QED) is 0.792. The molecule has 0 bridgehead atoms. The van der Waals surface area contributed by atoms with Gasteiger partial charge in [-0.05, 0) is 37.1 Å². The summed E-state index contributed by atoms with van der Waals surface area (Å²) >= 11 is 0. The average Bonchev–Trinajstić information content (AvgIpc) is 2.95. The Morgan fingerprint density at radius 3 is 2.69 bits per heavy atom.